The van der Waals surface area contributed by atoms with Crippen LogP contribution in [0.5, 0.6) is 0 Å². The van der Waals surface area contributed by atoms with E-state index in [0.29, 0.717) is 12.8 Å². The molecule has 0 atom stereocenters. The molecule has 2 aromatic carbocycles. The third-order valence-electron chi connectivity index (χ3n) is 5.20. The molecule has 139 valence electrons. The molecule has 0 bridgehead atoms. The van der Waals surface area contributed by atoms with E-state index in [-0.39, 0.29) is 6.04 Å². The maximum Gasteiger partial charge on any atom is 0.204 e. The Labute approximate surface area is 156 Å². The monoisotopic (exact) mass is 371 g/mol. The van der Waals surface area contributed by atoms with Crippen LogP contribution in [0.3, 0.4) is 0 Å². The van der Waals surface area contributed by atoms with Gasteiger partial charge in [-0.15, -0.1) is 10.3 Å². The zero-order valence-corrected chi connectivity index (χ0v) is 16.9. The standard InChI is InChI=1S/C21H28N2O2P/c1-20(2)15-17(16-21(3,4)23(20)24)22-26(25,18-11-7-5-8-12-18)19-13-9-6-10-14-19/h5-14,17H,15-16H2,1-4H3,(H,22,25). The number of benzene rings is 2. The minimum Gasteiger partial charge on any atom is -0.297 e. The van der Waals surface area contributed by atoms with Gasteiger partial charge in [0.1, 0.15) is 0 Å². The maximum atomic E-state index is 14.2. The van der Waals surface area contributed by atoms with E-state index in [1.165, 1.54) is 5.06 Å². The summed E-state index contributed by atoms with van der Waals surface area (Å²) in [5.41, 5.74) is -1.00. The number of hydroxylamine groups is 2. The van der Waals surface area contributed by atoms with Crippen LogP contribution < -0.4 is 15.7 Å². The van der Waals surface area contributed by atoms with E-state index in [9.17, 15) is 9.77 Å². The summed E-state index contributed by atoms with van der Waals surface area (Å²) in [6.45, 7) is 7.86. The van der Waals surface area contributed by atoms with E-state index >= 15 is 0 Å². The lowest BCUT2D eigenvalue weighted by Gasteiger charge is -2.50. The second-order valence-electron chi connectivity index (χ2n) is 8.43. The van der Waals surface area contributed by atoms with Crippen LogP contribution in [0.2, 0.25) is 0 Å². The highest BCUT2D eigenvalue weighted by molar-refractivity contribution is 7.76. The zero-order chi connectivity index (χ0) is 19.0. The van der Waals surface area contributed by atoms with Crippen molar-refractivity contribution in [1.29, 1.82) is 0 Å². The van der Waals surface area contributed by atoms with Crippen molar-refractivity contribution in [1.82, 2.24) is 10.2 Å². The van der Waals surface area contributed by atoms with E-state index in [0.717, 1.165) is 10.6 Å². The molecule has 0 spiro atoms. The normalized spacial score (nSPS) is 20.8. The zero-order valence-electron chi connectivity index (χ0n) is 16.0. The van der Waals surface area contributed by atoms with Crippen LogP contribution in [-0.2, 0) is 9.77 Å². The van der Waals surface area contributed by atoms with E-state index < -0.39 is 18.4 Å². The molecule has 1 aliphatic rings. The lowest BCUT2D eigenvalue weighted by Crippen LogP contribution is -2.61. The van der Waals surface area contributed by atoms with Gasteiger partial charge in [0.2, 0.25) is 7.29 Å². The number of nitrogens with one attached hydrogen (secondary N) is 1. The van der Waals surface area contributed by atoms with Crippen LogP contribution in [0.4, 0.5) is 0 Å². The molecule has 1 N–H and O–H groups in total. The first kappa shape index (κ1) is 19.3. The molecule has 0 unspecified atom stereocenters. The van der Waals surface area contributed by atoms with Gasteiger partial charge in [-0.2, -0.15) is 0 Å². The summed E-state index contributed by atoms with van der Waals surface area (Å²) in [6.07, 6.45) is 1.31. The van der Waals surface area contributed by atoms with Crippen LogP contribution in [0, 0.1) is 0 Å². The number of piperidine rings is 1. The van der Waals surface area contributed by atoms with Gasteiger partial charge in [-0.05, 0) is 64.8 Å². The lowest BCUT2D eigenvalue weighted by molar-refractivity contribution is -0.289. The van der Waals surface area contributed by atoms with Gasteiger partial charge in [0, 0.05) is 27.7 Å². The molecule has 3 rings (SSSR count). The summed E-state index contributed by atoms with van der Waals surface area (Å²) in [5, 5.41) is 18.9. The predicted molar refractivity (Wildman–Crippen MR) is 107 cm³/mol. The van der Waals surface area contributed by atoms with Gasteiger partial charge in [0.15, 0.2) is 0 Å². The van der Waals surface area contributed by atoms with Crippen LogP contribution in [0.1, 0.15) is 40.5 Å². The third-order valence-corrected chi connectivity index (χ3v) is 7.97. The summed E-state index contributed by atoms with van der Waals surface area (Å²) >= 11 is 0. The Bertz CT molecular complexity index is 729. The van der Waals surface area contributed by atoms with Crippen molar-refractivity contribution in [3.63, 3.8) is 0 Å². The number of nitrogens with zero attached hydrogens (tertiary/aromatic N) is 1. The minimum absolute atomic E-state index is 0.00329. The molecule has 1 saturated heterocycles. The van der Waals surface area contributed by atoms with Crippen LogP contribution in [0.15, 0.2) is 60.7 Å². The second-order valence-corrected chi connectivity index (χ2v) is 10.9. The average Bonchev–Trinajstić information content (AvgIpc) is 2.60. The Hall–Kier alpha value is -1.45. The highest BCUT2D eigenvalue weighted by Gasteiger charge is 2.47. The van der Waals surface area contributed by atoms with Gasteiger partial charge >= 0.3 is 0 Å². The van der Waals surface area contributed by atoms with E-state index in [4.69, 9.17) is 0 Å². The molecular weight excluding hydrogens is 343 g/mol. The Morgan fingerprint density at radius 1 is 0.846 bits per heavy atom. The topological polar surface area (TPSA) is 52.2 Å². The molecule has 1 aliphatic heterocycles. The first-order chi connectivity index (χ1) is 12.2. The van der Waals surface area contributed by atoms with Gasteiger partial charge in [0.05, 0.1) is 0 Å². The Morgan fingerprint density at radius 3 is 1.62 bits per heavy atom. The molecule has 0 aromatic heterocycles. The Kier molecular flexibility index (Phi) is 5.15. The van der Waals surface area contributed by atoms with Crippen LogP contribution in [0.25, 0.3) is 0 Å². The smallest absolute Gasteiger partial charge is 0.204 e. The van der Waals surface area contributed by atoms with Gasteiger partial charge < -0.3 is 0 Å². The summed E-state index contributed by atoms with van der Waals surface area (Å²) in [6, 6.07) is 19.2. The minimum atomic E-state index is -3.00. The van der Waals surface area contributed by atoms with Crippen molar-refractivity contribution in [2.75, 3.05) is 0 Å². The molecule has 0 aliphatic carbocycles. The fraction of sp³-hybridized carbons (Fsp3) is 0.429. The quantitative estimate of drug-likeness (QED) is 0.830. The second kappa shape index (κ2) is 6.94. The predicted octanol–water partition coefficient (Wildman–Crippen LogP) is 3.87. The molecule has 26 heavy (non-hydrogen) atoms. The average molecular weight is 371 g/mol. The van der Waals surface area contributed by atoms with E-state index in [1.807, 2.05) is 88.4 Å². The van der Waals surface area contributed by atoms with Crippen molar-refractivity contribution in [2.24, 2.45) is 0 Å². The van der Waals surface area contributed by atoms with Crippen LogP contribution in [-0.4, -0.2) is 22.2 Å². The molecular formula is C21H28N2O2P. The number of hydrogen-bond acceptors (Lipinski definition) is 2. The maximum absolute atomic E-state index is 14.2. The molecule has 5 heteroatoms. The molecule has 1 radical (unpaired) electrons. The molecule has 1 fully saturated rings. The number of hydrogen-bond donors (Lipinski definition) is 1. The van der Waals surface area contributed by atoms with Gasteiger partial charge in [-0.3, -0.25) is 9.65 Å². The van der Waals surface area contributed by atoms with Crippen molar-refractivity contribution in [3.05, 3.63) is 60.7 Å². The molecule has 1 heterocycles. The van der Waals surface area contributed by atoms with E-state index in [2.05, 4.69) is 5.09 Å². The summed E-state index contributed by atoms with van der Waals surface area (Å²) in [5.74, 6) is 0. The third kappa shape index (κ3) is 3.65. The van der Waals surface area contributed by atoms with Gasteiger partial charge in [-0.1, -0.05) is 36.4 Å². The highest BCUT2D eigenvalue weighted by atomic mass is 31.2. The van der Waals surface area contributed by atoms with Crippen molar-refractivity contribution in [2.45, 2.75) is 57.7 Å². The highest BCUT2D eigenvalue weighted by Crippen LogP contribution is 2.44. The van der Waals surface area contributed by atoms with E-state index in [1.54, 1.807) is 0 Å². The fourth-order valence-corrected chi connectivity index (χ4v) is 6.66. The SMILES string of the molecule is CC1(C)CC(NP(=O)(c2ccccc2)c2ccccc2)CC(C)(C)N1[O]. The molecule has 4 nitrogen and oxygen atoms in total. The lowest BCUT2D eigenvalue weighted by atomic mass is 9.79. The van der Waals surface area contributed by atoms with Gasteiger partial charge in [-0.25, -0.2) is 0 Å². The molecule has 2 aromatic rings. The van der Waals surface area contributed by atoms with Crippen molar-refractivity contribution >= 4 is 17.9 Å². The summed E-state index contributed by atoms with van der Waals surface area (Å²) < 4.78 is 14.2. The van der Waals surface area contributed by atoms with Crippen molar-refractivity contribution < 1.29 is 9.77 Å². The Balaban J connectivity index is 1.99. The fourth-order valence-electron chi connectivity index (χ4n) is 4.19. The number of rotatable bonds is 4. The summed E-state index contributed by atoms with van der Waals surface area (Å²) in [4.78, 5) is 0. The Morgan fingerprint density at radius 2 is 1.23 bits per heavy atom. The summed E-state index contributed by atoms with van der Waals surface area (Å²) in [7, 11) is -3.00. The van der Waals surface area contributed by atoms with Crippen LogP contribution >= 0.6 is 7.29 Å². The largest absolute Gasteiger partial charge is 0.297 e. The first-order valence-electron chi connectivity index (χ1n) is 9.12. The molecule has 0 amide bonds. The molecule has 0 saturated carbocycles. The van der Waals surface area contributed by atoms with Crippen molar-refractivity contribution in [3.8, 4) is 0 Å². The first-order valence-corrected chi connectivity index (χ1v) is 10.8. The van der Waals surface area contributed by atoms with Gasteiger partial charge in [0.25, 0.3) is 0 Å².